The standard InChI is InChI=1S/C15H20BrNO/c1-11-4-2-3-5-14(11)15(18)17-10-12-6-8-13(16)9-7-12/h2-5,12-13H,6-10H2,1H3,(H,17,18). The highest BCUT2D eigenvalue weighted by molar-refractivity contribution is 9.09. The van der Waals surface area contributed by atoms with E-state index in [9.17, 15) is 4.79 Å². The monoisotopic (exact) mass is 309 g/mol. The van der Waals surface area contributed by atoms with Gasteiger partial charge in [-0.25, -0.2) is 0 Å². The fourth-order valence-corrected chi connectivity index (χ4v) is 3.01. The van der Waals surface area contributed by atoms with Crippen molar-refractivity contribution in [2.75, 3.05) is 6.54 Å². The van der Waals surface area contributed by atoms with Crippen molar-refractivity contribution >= 4 is 21.8 Å². The summed E-state index contributed by atoms with van der Waals surface area (Å²) in [5, 5.41) is 3.07. The molecule has 0 aromatic heterocycles. The maximum atomic E-state index is 12.1. The highest BCUT2D eigenvalue weighted by Gasteiger charge is 2.19. The first-order valence-electron chi connectivity index (χ1n) is 6.64. The summed E-state index contributed by atoms with van der Waals surface area (Å²) in [6.07, 6.45) is 4.88. The van der Waals surface area contributed by atoms with Gasteiger partial charge in [0.1, 0.15) is 0 Å². The molecule has 1 amide bonds. The van der Waals surface area contributed by atoms with Crippen LogP contribution in [-0.4, -0.2) is 17.3 Å². The van der Waals surface area contributed by atoms with Gasteiger partial charge in [-0.1, -0.05) is 34.1 Å². The molecule has 0 radical (unpaired) electrons. The number of nitrogens with one attached hydrogen (secondary N) is 1. The molecule has 0 saturated heterocycles. The summed E-state index contributed by atoms with van der Waals surface area (Å²) in [6, 6.07) is 7.74. The molecule has 1 N–H and O–H groups in total. The molecule has 98 valence electrons. The van der Waals surface area contributed by atoms with E-state index in [-0.39, 0.29) is 5.91 Å². The van der Waals surface area contributed by atoms with Crippen LogP contribution in [0.5, 0.6) is 0 Å². The van der Waals surface area contributed by atoms with Crippen molar-refractivity contribution in [3.8, 4) is 0 Å². The first kappa shape index (κ1) is 13.6. The lowest BCUT2D eigenvalue weighted by molar-refractivity contribution is 0.0943. The Morgan fingerprint density at radius 2 is 1.94 bits per heavy atom. The molecule has 0 spiro atoms. The van der Waals surface area contributed by atoms with Crippen LogP contribution < -0.4 is 5.32 Å². The van der Waals surface area contributed by atoms with Crippen molar-refractivity contribution in [2.24, 2.45) is 5.92 Å². The first-order chi connectivity index (χ1) is 8.66. The fourth-order valence-electron chi connectivity index (χ4n) is 2.49. The van der Waals surface area contributed by atoms with E-state index in [1.54, 1.807) is 0 Å². The molecule has 0 aliphatic heterocycles. The van der Waals surface area contributed by atoms with Crippen LogP contribution in [0.3, 0.4) is 0 Å². The zero-order valence-corrected chi connectivity index (χ0v) is 12.4. The van der Waals surface area contributed by atoms with Gasteiger partial charge in [-0.2, -0.15) is 0 Å². The molecule has 1 aliphatic carbocycles. The van der Waals surface area contributed by atoms with Crippen LogP contribution in [0.25, 0.3) is 0 Å². The molecule has 0 atom stereocenters. The van der Waals surface area contributed by atoms with Gasteiger partial charge < -0.3 is 5.32 Å². The van der Waals surface area contributed by atoms with E-state index in [1.807, 2.05) is 31.2 Å². The van der Waals surface area contributed by atoms with Gasteiger partial charge >= 0.3 is 0 Å². The molecule has 0 unspecified atom stereocenters. The van der Waals surface area contributed by atoms with E-state index >= 15 is 0 Å². The molecule has 2 nitrogen and oxygen atoms in total. The van der Waals surface area contributed by atoms with E-state index in [0.29, 0.717) is 10.7 Å². The topological polar surface area (TPSA) is 29.1 Å². The number of aryl methyl sites for hydroxylation is 1. The summed E-state index contributed by atoms with van der Waals surface area (Å²) < 4.78 is 0. The summed E-state index contributed by atoms with van der Waals surface area (Å²) in [5.74, 6) is 0.709. The van der Waals surface area contributed by atoms with Gasteiger partial charge in [-0.3, -0.25) is 4.79 Å². The van der Waals surface area contributed by atoms with Crippen LogP contribution in [0, 0.1) is 12.8 Å². The van der Waals surface area contributed by atoms with E-state index in [4.69, 9.17) is 0 Å². The van der Waals surface area contributed by atoms with Crippen LogP contribution in [-0.2, 0) is 0 Å². The van der Waals surface area contributed by atoms with Gasteiger partial charge in [0.2, 0.25) is 0 Å². The molecular formula is C15H20BrNO. The second-order valence-electron chi connectivity index (χ2n) is 5.14. The Balaban J connectivity index is 1.84. The van der Waals surface area contributed by atoms with Gasteiger partial charge in [0.15, 0.2) is 0 Å². The third kappa shape index (κ3) is 3.58. The fraction of sp³-hybridized carbons (Fsp3) is 0.533. The Hall–Kier alpha value is -0.830. The molecule has 1 fully saturated rings. The maximum absolute atomic E-state index is 12.1. The normalized spacial score (nSPS) is 23.7. The highest BCUT2D eigenvalue weighted by atomic mass is 79.9. The molecule has 3 heteroatoms. The van der Waals surface area contributed by atoms with Crippen LogP contribution >= 0.6 is 15.9 Å². The number of hydrogen-bond acceptors (Lipinski definition) is 1. The summed E-state index contributed by atoms with van der Waals surface area (Å²) in [5.41, 5.74) is 1.84. The van der Waals surface area contributed by atoms with E-state index in [1.165, 1.54) is 25.7 Å². The Bertz CT molecular complexity index is 411. The number of rotatable bonds is 3. The number of amides is 1. The molecule has 1 aromatic carbocycles. The van der Waals surface area contributed by atoms with Crippen molar-refractivity contribution in [3.63, 3.8) is 0 Å². The lowest BCUT2D eigenvalue weighted by Crippen LogP contribution is -2.31. The quantitative estimate of drug-likeness (QED) is 0.848. The molecule has 1 aliphatic rings. The van der Waals surface area contributed by atoms with Crippen molar-refractivity contribution in [1.82, 2.24) is 5.32 Å². The van der Waals surface area contributed by atoms with Gasteiger partial charge in [-0.15, -0.1) is 0 Å². The minimum atomic E-state index is 0.0639. The average molecular weight is 310 g/mol. The van der Waals surface area contributed by atoms with Crippen molar-refractivity contribution in [1.29, 1.82) is 0 Å². The molecule has 1 aromatic rings. The molecule has 0 heterocycles. The van der Waals surface area contributed by atoms with Gasteiger partial charge in [0.25, 0.3) is 5.91 Å². The van der Waals surface area contributed by atoms with E-state index < -0.39 is 0 Å². The van der Waals surface area contributed by atoms with Crippen LogP contribution in [0.1, 0.15) is 41.6 Å². The predicted octanol–water partition coefficient (Wildman–Crippen LogP) is 3.68. The zero-order valence-electron chi connectivity index (χ0n) is 10.8. The van der Waals surface area contributed by atoms with Crippen molar-refractivity contribution in [3.05, 3.63) is 35.4 Å². The smallest absolute Gasteiger partial charge is 0.251 e. The predicted molar refractivity (Wildman–Crippen MR) is 78.2 cm³/mol. The molecule has 1 saturated carbocycles. The third-order valence-electron chi connectivity index (χ3n) is 3.72. The molecule has 18 heavy (non-hydrogen) atoms. The van der Waals surface area contributed by atoms with Crippen LogP contribution in [0.2, 0.25) is 0 Å². The second kappa shape index (κ2) is 6.37. The summed E-state index contributed by atoms with van der Waals surface area (Å²) in [4.78, 5) is 12.7. The van der Waals surface area contributed by atoms with Crippen molar-refractivity contribution < 1.29 is 4.79 Å². The molecular weight excluding hydrogens is 290 g/mol. The largest absolute Gasteiger partial charge is 0.352 e. The minimum absolute atomic E-state index is 0.0639. The average Bonchev–Trinajstić information content (AvgIpc) is 2.38. The SMILES string of the molecule is Cc1ccccc1C(=O)NCC1CCC(Br)CC1. The van der Waals surface area contributed by atoms with Gasteiger partial charge in [0.05, 0.1) is 0 Å². The summed E-state index contributed by atoms with van der Waals surface area (Å²) in [6.45, 7) is 2.79. The Kier molecular flexibility index (Phi) is 4.81. The third-order valence-corrected chi connectivity index (χ3v) is 4.63. The number of benzene rings is 1. The molecule has 0 bridgehead atoms. The number of halogens is 1. The van der Waals surface area contributed by atoms with Crippen LogP contribution in [0.15, 0.2) is 24.3 Å². The Morgan fingerprint density at radius 1 is 1.28 bits per heavy atom. The number of alkyl halides is 1. The van der Waals surface area contributed by atoms with E-state index in [2.05, 4.69) is 21.2 Å². The lowest BCUT2D eigenvalue weighted by atomic mass is 9.89. The second-order valence-corrected chi connectivity index (χ2v) is 6.44. The number of carbonyl (C=O) groups excluding carboxylic acids is 1. The number of hydrogen-bond donors (Lipinski definition) is 1. The number of carbonyl (C=O) groups is 1. The lowest BCUT2D eigenvalue weighted by Gasteiger charge is -2.25. The first-order valence-corrected chi connectivity index (χ1v) is 7.56. The van der Waals surface area contributed by atoms with Gasteiger partial charge in [-0.05, 0) is 50.2 Å². The minimum Gasteiger partial charge on any atom is -0.352 e. The summed E-state index contributed by atoms with van der Waals surface area (Å²) >= 11 is 3.65. The summed E-state index contributed by atoms with van der Waals surface area (Å²) in [7, 11) is 0. The zero-order chi connectivity index (χ0) is 13.0. The Morgan fingerprint density at radius 3 is 2.61 bits per heavy atom. The Labute approximate surface area is 117 Å². The van der Waals surface area contributed by atoms with E-state index in [0.717, 1.165) is 17.7 Å². The van der Waals surface area contributed by atoms with Gasteiger partial charge in [0, 0.05) is 16.9 Å². The van der Waals surface area contributed by atoms with Crippen molar-refractivity contribution in [2.45, 2.75) is 37.4 Å². The highest BCUT2D eigenvalue weighted by Crippen LogP contribution is 2.28. The van der Waals surface area contributed by atoms with Crippen LogP contribution in [0.4, 0.5) is 0 Å². The maximum Gasteiger partial charge on any atom is 0.251 e. The molecule has 2 rings (SSSR count).